The van der Waals surface area contributed by atoms with Gasteiger partial charge in [-0.15, -0.1) is 0 Å². The van der Waals surface area contributed by atoms with Crippen molar-refractivity contribution in [2.24, 2.45) is 5.92 Å². The third kappa shape index (κ3) is 4.44. The van der Waals surface area contributed by atoms with Gasteiger partial charge in [0, 0.05) is 24.8 Å². The molecule has 0 unspecified atom stereocenters. The fourth-order valence-corrected chi connectivity index (χ4v) is 2.80. The summed E-state index contributed by atoms with van der Waals surface area (Å²) in [6.45, 7) is 2.39. The summed E-state index contributed by atoms with van der Waals surface area (Å²) >= 11 is 0. The van der Waals surface area contributed by atoms with Gasteiger partial charge in [-0.2, -0.15) is 18.2 Å². The molecule has 6 nitrogen and oxygen atoms in total. The van der Waals surface area contributed by atoms with E-state index in [-0.39, 0.29) is 5.92 Å². The minimum Gasteiger partial charge on any atom is -0.370 e. The molecule has 1 saturated heterocycles. The lowest BCUT2D eigenvalue weighted by molar-refractivity contribution is -0.143. The molecule has 0 saturated carbocycles. The highest BCUT2D eigenvalue weighted by Crippen LogP contribution is 2.24. The van der Waals surface area contributed by atoms with Crippen molar-refractivity contribution in [3.05, 3.63) is 24.2 Å². The van der Waals surface area contributed by atoms with Crippen LogP contribution < -0.4 is 5.32 Å². The van der Waals surface area contributed by atoms with Gasteiger partial charge in [0.2, 0.25) is 0 Å². The van der Waals surface area contributed by atoms with E-state index < -0.39 is 12.7 Å². The van der Waals surface area contributed by atoms with Crippen molar-refractivity contribution in [3.8, 4) is 11.5 Å². The lowest BCUT2D eigenvalue weighted by atomic mass is 10.1. The second-order valence-corrected chi connectivity index (χ2v) is 5.96. The Morgan fingerprint density at radius 1 is 1.42 bits per heavy atom. The SMILES string of the molecule is Cc1noc(-c2ccnc(NC[C@@H]3CCN(CC(F)(F)F)C3)c2)n1. The first kappa shape index (κ1) is 16.7. The molecule has 0 radical (unpaired) electrons. The summed E-state index contributed by atoms with van der Waals surface area (Å²) < 4.78 is 42.3. The van der Waals surface area contributed by atoms with Crippen molar-refractivity contribution in [2.45, 2.75) is 19.5 Å². The van der Waals surface area contributed by atoms with Crippen LogP contribution in [0.1, 0.15) is 12.2 Å². The van der Waals surface area contributed by atoms with Gasteiger partial charge in [-0.1, -0.05) is 5.16 Å². The molecule has 1 atom stereocenters. The number of aryl methyl sites for hydroxylation is 1. The van der Waals surface area contributed by atoms with Gasteiger partial charge in [-0.05, 0) is 37.9 Å². The second-order valence-electron chi connectivity index (χ2n) is 5.96. The van der Waals surface area contributed by atoms with E-state index >= 15 is 0 Å². The molecule has 1 fully saturated rings. The predicted octanol–water partition coefficient (Wildman–Crippen LogP) is 2.74. The highest BCUT2D eigenvalue weighted by molar-refractivity contribution is 5.57. The summed E-state index contributed by atoms with van der Waals surface area (Å²) in [5, 5.41) is 6.92. The Balaban J connectivity index is 1.54. The van der Waals surface area contributed by atoms with E-state index in [0.717, 1.165) is 12.0 Å². The first-order valence-corrected chi connectivity index (χ1v) is 7.69. The van der Waals surface area contributed by atoms with Gasteiger partial charge in [0.05, 0.1) is 6.54 Å². The van der Waals surface area contributed by atoms with Crippen LogP contribution in [0.5, 0.6) is 0 Å². The number of halogens is 3. The Bertz CT molecular complexity index is 688. The Kier molecular flexibility index (Phi) is 4.70. The average molecular weight is 341 g/mol. The first-order chi connectivity index (χ1) is 11.4. The number of aromatic nitrogens is 3. The zero-order valence-electron chi connectivity index (χ0n) is 13.2. The molecule has 0 bridgehead atoms. The second kappa shape index (κ2) is 6.76. The van der Waals surface area contributed by atoms with Gasteiger partial charge in [0.25, 0.3) is 5.89 Å². The first-order valence-electron chi connectivity index (χ1n) is 7.69. The van der Waals surface area contributed by atoms with E-state index in [1.54, 1.807) is 25.3 Å². The Labute approximate surface area is 137 Å². The third-order valence-corrected chi connectivity index (χ3v) is 3.88. The number of hydrogen-bond acceptors (Lipinski definition) is 6. The molecule has 1 N–H and O–H groups in total. The third-order valence-electron chi connectivity index (χ3n) is 3.88. The lowest BCUT2D eigenvalue weighted by Crippen LogP contribution is -2.33. The fraction of sp³-hybridized carbons (Fsp3) is 0.533. The minimum atomic E-state index is -4.14. The van der Waals surface area contributed by atoms with Crippen LogP contribution in [0, 0.1) is 12.8 Å². The summed E-state index contributed by atoms with van der Waals surface area (Å²) in [5.41, 5.74) is 0.748. The zero-order chi connectivity index (χ0) is 17.2. The smallest absolute Gasteiger partial charge is 0.370 e. The molecule has 1 aliphatic rings. The van der Waals surface area contributed by atoms with Crippen LogP contribution in [0.4, 0.5) is 19.0 Å². The summed E-state index contributed by atoms with van der Waals surface area (Å²) in [5.74, 6) is 1.77. The van der Waals surface area contributed by atoms with E-state index in [2.05, 4.69) is 20.4 Å². The maximum atomic E-state index is 12.4. The standard InChI is InChI=1S/C15H18F3N5O/c1-10-21-14(24-22-10)12-2-4-19-13(6-12)20-7-11-3-5-23(8-11)9-15(16,17)18/h2,4,6,11H,3,5,7-9H2,1H3,(H,19,20)/t11-/m0/s1. The predicted molar refractivity (Wildman–Crippen MR) is 81.4 cm³/mol. The zero-order valence-corrected chi connectivity index (χ0v) is 13.2. The summed E-state index contributed by atoms with van der Waals surface area (Å²) in [6, 6.07) is 3.55. The number of alkyl halides is 3. The van der Waals surface area contributed by atoms with E-state index in [4.69, 9.17) is 4.52 Å². The molecular weight excluding hydrogens is 323 g/mol. The quantitative estimate of drug-likeness (QED) is 0.902. The van der Waals surface area contributed by atoms with E-state index in [9.17, 15) is 13.2 Å². The number of nitrogens with zero attached hydrogens (tertiary/aromatic N) is 4. The molecule has 0 aliphatic carbocycles. The fourth-order valence-electron chi connectivity index (χ4n) is 2.80. The molecular formula is C15H18F3N5O. The molecule has 24 heavy (non-hydrogen) atoms. The average Bonchev–Trinajstić information content (AvgIpc) is 3.13. The molecule has 0 amide bonds. The molecule has 9 heteroatoms. The van der Waals surface area contributed by atoms with Gasteiger partial charge in [0.1, 0.15) is 5.82 Å². The highest BCUT2D eigenvalue weighted by atomic mass is 19.4. The number of pyridine rings is 1. The van der Waals surface area contributed by atoms with Crippen molar-refractivity contribution >= 4 is 5.82 Å². The lowest BCUT2D eigenvalue weighted by Gasteiger charge is -2.18. The van der Waals surface area contributed by atoms with Crippen molar-refractivity contribution < 1.29 is 17.7 Å². The summed E-state index contributed by atoms with van der Waals surface area (Å²) in [7, 11) is 0. The van der Waals surface area contributed by atoms with Crippen LogP contribution >= 0.6 is 0 Å². The van der Waals surface area contributed by atoms with Crippen molar-refractivity contribution in [3.63, 3.8) is 0 Å². The Morgan fingerprint density at radius 3 is 2.96 bits per heavy atom. The number of anilines is 1. The van der Waals surface area contributed by atoms with Crippen LogP contribution in [0.25, 0.3) is 11.5 Å². The molecule has 2 aromatic heterocycles. The summed E-state index contributed by atoms with van der Waals surface area (Å²) in [4.78, 5) is 9.82. The number of rotatable bonds is 5. The Hall–Kier alpha value is -2.16. The molecule has 0 aromatic carbocycles. The molecule has 1 aliphatic heterocycles. The summed E-state index contributed by atoms with van der Waals surface area (Å²) in [6.07, 6.45) is -1.77. The van der Waals surface area contributed by atoms with Crippen LogP contribution in [0.2, 0.25) is 0 Å². The van der Waals surface area contributed by atoms with E-state index in [1.807, 2.05) is 0 Å². The van der Waals surface area contributed by atoms with E-state index in [1.165, 1.54) is 4.90 Å². The minimum absolute atomic E-state index is 0.170. The topological polar surface area (TPSA) is 67.1 Å². The number of likely N-dealkylation sites (tertiary alicyclic amines) is 1. The van der Waals surface area contributed by atoms with Crippen LogP contribution in [0.3, 0.4) is 0 Å². The molecule has 3 rings (SSSR count). The van der Waals surface area contributed by atoms with Crippen molar-refractivity contribution in [1.29, 1.82) is 0 Å². The van der Waals surface area contributed by atoms with Gasteiger partial charge in [-0.3, -0.25) is 4.90 Å². The molecule has 130 valence electrons. The molecule has 3 heterocycles. The molecule has 2 aromatic rings. The van der Waals surface area contributed by atoms with Gasteiger partial charge in [0.15, 0.2) is 5.82 Å². The van der Waals surface area contributed by atoms with Crippen LogP contribution in [-0.4, -0.2) is 52.4 Å². The van der Waals surface area contributed by atoms with Gasteiger partial charge in [-0.25, -0.2) is 4.98 Å². The monoisotopic (exact) mass is 341 g/mol. The van der Waals surface area contributed by atoms with Crippen LogP contribution in [0.15, 0.2) is 22.9 Å². The van der Waals surface area contributed by atoms with Crippen molar-refractivity contribution in [2.75, 3.05) is 31.5 Å². The van der Waals surface area contributed by atoms with E-state index in [0.29, 0.717) is 37.2 Å². The maximum absolute atomic E-state index is 12.4. The highest BCUT2D eigenvalue weighted by Gasteiger charge is 2.34. The molecule has 0 spiro atoms. The number of nitrogens with one attached hydrogen (secondary N) is 1. The number of hydrogen-bond donors (Lipinski definition) is 1. The van der Waals surface area contributed by atoms with Gasteiger partial charge < -0.3 is 9.84 Å². The largest absolute Gasteiger partial charge is 0.401 e. The van der Waals surface area contributed by atoms with Gasteiger partial charge >= 0.3 is 6.18 Å². The van der Waals surface area contributed by atoms with Crippen LogP contribution in [-0.2, 0) is 0 Å². The van der Waals surface area contributed by atoms with Crippen molar-refractivity contribution in [1.82, 2.24) is 20.0 Å². The Morgan fingerprint density at radius 2 is 2.25 bits per heavy atom. The maximum Gasteiger partial charge on any atom is 0.401 e. The normalized spacial score (nSPS) is 18.9.